The molecule has 1 aromatic carbocycles. The molecule has 0 bridgehead atoms. The van der Waals surface area contributed by atoms with E-state index in [-0.39, 0.29) is 34.5 Å². The molecule has 2 aromatic rings. The molecule has 3 fully saturated rings. The Bertz CT molecular complexity index is 2070. The Morgan fingerprint density at radius 2 is 1.75 bits per heavy atom. The van der Waals surface area contributed by atoms with Crippen LogP contribution in [0.15, 0.2) is 36.4 Å². The van der Waals surface area contributed by atoms with E-state index in [0.29, 0.717) is 24.4 Å². The molecule has 53 heavy (non-hydrogen) atoms. The summed E-state index contributed by atoms with van der Waals surface area (Å²) in [5.41, 5.74) is 5.98. The molecule has 1 aromatic heterocycles. The molecule has 8 heteroatoms. The average Bonchev–Trinajstić information content (AvgIpc) is 3.82. The van der Waals surface area contributed by atoms with Crippen LogP contribution >= 0.6 is 0 Å². The number of nitrogens with zero attached hydrogens (tertiary/aromatic N) is 3. The van der Waals surface area contributed by atoms with E-state index in [1.54, 1.807) is 0 Å². The third kappa shape index (κ3) is 4.29. The topological polar surface area (TPSA) is 95.2 Å². The van der Waals surface area contributed by atoms with Gasteiger partial charge in [0.15, 0.2) is 5.78 Å². The maximum absolute atomic E-state index is 14.9. The zero-order chi connectivity index (χ0) is 37.9. The van der Waals surface area contributed by atoms with Gasteiger partial charge < -0.3 is 29.3 Å². The predicted octanol–water partition coefficient (Wildman–Crippen LogP) is 7.91. The van der Waals surface area contributed by atoms with Gasteiger partial charge in [-0.05, 0) is 120 Å². The second-order valence-electron chi connectivity index (χ2n) is 19.5. The van der Waals surface area contributed by atoms with E-state index in [1.807, 2.05) is 23.6 Å². The zero-order valence-electron chi connectivity index (χ0n) is 33.3. The lowest BCUT2D eigenvalue weighted by Gasteiger charge is -2.64. The maximum atomic E-state index is 14.9. The van der Waals surface area contributed by atoms with E-state index < -0.39 is 34.9 Å². The highest BCUT2D eigenvalue weighted by Crippen LogP contribution is 2.71. The molecule has 8 nitrogen and oxygen atoms in total. The van der Waals surface area contributed by atoms with Crippen molar-refractivity contribution in [3.8, 4) is 0 Å². The maximum Gasteiger partial charge on any atom is 0.320 e. The van der Waals surface area contributed by atoms with Gasteiger partial charge in [-0.15, -0.1) is 0 Å². The first-order chi connectivity index (χ1) is 24.8. The lowest BCUT2D eigenvalue weighted by molar-refractivity contribution is -0.145. The minimum Gasteiger partial charge on any atom is -0.392 e. The predicted molar refractivity (Wildman–Crippen MR) is 208 cm³/mol. The Kier molecular flexibility index (Phi) is 7.35. The van der Waals surface area contributed by atoms with Crippen LogP contribution in [0.5, 0.6) is 0 Å². The fourth-order valence-corrected chi connectivity index (χ4v) is 13.6. The van der Waals surface area contributed by atoms with Gasteiger partial charge in [0.25, 0.3) is 0 Å². The number of allylic oxidation sites excluding steroid dienone is 1. The van der Waals surface area contributed by atoms with E-state index in [1.165, 1.54) is 11.3 Å². The summed E-state index contributed by atoms with van der Waals surface area (Å²) in [6.45, 7) is 26.7. The first-order valence-corrected chi connectivity index (χ1v) is 20.3. The van der Waals surface area contributed by atoms with Gasteiger partial charge in [0, 0.05) is 59.6 Å². The monoisotopic (exact) mass is 721 g/mol. The molecule has 7 aliphatic rings. The molecular formula is C45H59N3O5. The first-order valence-electron chi connectivity index (χ1n) is 20.3. The van der Waals surface area contributed by atoms with Crippen LogP contribution in [-0.4, -0.2) is 79.9 Å². The van der Waals surface area contributed by atoms with Crippen molar-refractivity contribution in [2.24, 2.45) is 28.6 Å². The van der Waals surface area contributed by atoms with E-state index in [2.05, 4.69) is 83.9 Å². The average molecular weight is 722 g/mol. The highest BCUT2D eigenvalue weighted by Gasteiger charge is 2.68. The Balaban J connectivity index is 1.20. The summed E-state index contributed by atoms with van der Waals surface area (Å²) in [7, 11) is 0. The Morgan fingerprint density at radius 3 is 2.43 bits per heavy atom. The quantitative estimate of drug-likeness (QED) is 0.306. The molecule has 0 radical (unpaired) electrons. The number of aliphatic hydroxyl groups is 2. The van der Waals surface area contributed by atoms with E-state index in [0.717, 1.165) is 78.5 Å². The molecule has 2 amide bonds. The number of likely N-dealkylation sites (N-methyl/N-ethyl adjacent to an activating group) is 1. The third-order valence-corrected chi connectivity index (χ3v) is 16.0. The van der Waals surface area contributed by atoms with Crippen LogP contribution in [0.4, 0.5) is 4.79 Å². The van der Waals surface area contributed by atoms with E-state index in [4.69, 9.17) is 4.74 Å². The summed E-state index contributed by atoms with van der Waals surface area (Å²) in [6.07, 6.45) is 9.88. The van der Waals surface area contributed by atoms with Gasteiger partial charge in [0.1, 0.15) is 6.04 Å². The molecule has 9 atom stereocenters. The van der Waals surface area contributed by atoms with Gasteiger partial charge in [-0.1, -0.05) is 45.1 Å². The smallest absolute Gasteiger partial charge is 0.320 e. The molecule has 0 spiro atoms. The van der Waals surface area contributed by atoms with Crippen LogP contribution in [0.2, 0.25) is 0 Å². The Labute approximate surface area is 314 Å². The Hall–Kier alpha value is -3.20. The normalized spacial score (nSPS) is 39.0. The van der Waals surface area contributed by atoms with Crippen LogP contribution in [0.25, 0.3) is 16.5 Å². The second kappa shape index (κ2) is 11.0. The number of carbonyl (C=O) groups excluding carboxylic acids is 2. The van der Waals surface area contributed by atoms with Crippen molar-refractivity contribution >= 4 is 28.3 Å². The van der Waals surface area contributed by atoms with Crippen molar-refractivity contribution in [3.05, 3.63) is 64.4 Å². The number of ether oxygens (including phenoxy) is 1. The lowest BCUT2D eigenvalue weighted by Crippen LogP contribution is -2.62. The molecule has 9 rings (SSSR count). The standard InChI is InChI=1S/C45H59N3O5/c1-11-46-19-20-47(40(46)52)18-12-16-43(8)30-14-13-25-21-28-27-22-26-29-23-41(4,5)53-42(6,7)34(29)37(50)32(26)33-36(27)48(35(24(2)3)38(33)51)39(28)45(25,10)44(30,9)17-15-31(43)49/h12,16,22-23,25,30-31,34-35,37,49-50H,2,11,13-15,17-21H2,1,3-10H3/b16-12+/t25?,30-,31-,34?,35-,37+,43-,44-,45+/m0/s1. The van der Waals surface area contributed by atoms with Gasteiger partial charge in [0.05, 0.1) is 34.5 Å². The second-order valence-corrected chi connectivity index (χ2v) is 19.5. The van der Waals surface area contributed by atoms with Crippen molar-refractivity contribution in [2.45, 2.75) is 129 Å². The number of aliphatic hydroxyl groups excluding tert-OH is 2. The number of Topliss-reactive ketones (excluding diaryl/α,β-unsaturated/α-hetero) is 1. The number of benzene rings is 1. The molecule has 3 aliphatic heterocycles. The minimum absolute atomic E-state index is 0.0444. The molecule has 1 saturated heterocycles. The molecule has 4 heterocycles. The summed E-state index contributed by atoms with van der Waals surface area (Å²) in [5, 5.41) is 25.2. The van der Waals surface area contributed by atoms with Gasteiger partial charge in [-0.25, -0.2) is 4.79 Å². The Morgan fingerprint density at radius 1 is 1.04 bits per heavy atom. The fraction of sp³-hybridized carbons (Fsp3) is 0.644. The SMILES string of the molecule is C=C(C)[C@H]1C(=O)c2c3c(cc4c5c(n1c24)[C@@]1(C)C(CC[C@H]2[C@](C)(/C=C/CN4CCN(CC)C4=O)[C@@H](O)CC[C@@]21C)C5)C1=CC(C)(C)OC(C)(C)C1[C@@H]3O. The first kappa shape index (κ1) is 35.5. The number of amides is 2. The molecule has 2 N–H and O–H groups in total. The summed E-state index contributed by atoms with van der Waals surface area (Å²) in [5.74, 6) is 0.394. The van der Waals surface area contributed by atoms with Crippen LogP contribution in [-0.2, 0) is 16.6 Å². The number of hydrogen-bond donors (Lipinski definition) is 2. The van der Waals surface area contributed by atoms with Crippen molar-refractivity contribution in [3.63, 3.8) is 0 Å². The van der Waals surface area contributed by atoms with Crippen molar-refractivity contribution in [2.75, 3.05) is 26.2 Å². The van der Waals surface area contributed by atoms with Crippen LogP contribution in [0.1, 0.15) is 133 Å². The number of rotatable bonds is 5. The number of urea groups is 1. The van der Waals surface area contributed by atoms with Crippen molar-refractivity contribution in [1.82, 2.24) is 14.4 Å². The van der Waals surface area contributed by atoms with Crippen LogP contribution in [0.3, 0.4) is 0 Å². The minimum atomic E-state index is -0.846. The molecule has 2 saturated carbocycles. The number of aromatic nitrogens is 1. The number of hydrogen-bond acceptors (Lipinski definition) is 5. The van der Waals surface area contributed by atoms with Crippen molar-refractivity contribution < 1.29 is 24.5 Å². The van der Waals surface area contributed by atoms with Gasteiger partial charge in [-0.2, -0.15) is 0 Å². The van der Waals surface area contributed by atoms with Gasteiger partial charge in [0.2, 0.25) is 0 Å². The third-order valence-electron chi connectivity index (χ3n) is 16.0. The van der Waals surface area contributed by atoms with Gasteiger partial charge >= 0.3 is 6.03 Å². The van der Waals surface area contributed by atoms with Crippen molar-refractivity contribution in [1.29, 1.82) is 0 Å². The zero-order valence-corrected chi connectivity index (χ0v) is 33.3. The highest BCUT2D eigenvalue weighted by molar-refractivity contribution is 6.18. The van der Waals surface area contributed by atoms with Gasteiger partial charge in [-0.3, -0.25) is 4.79 Å². The number of carbonyl (C=O) groups is 2. The number of ketones is 1. The molecule has 2 unspecified atom stereocenters. The summed E-state index contributed by atoms with van der Waals surface area (Å²) in [6, 6.07) is 1.89. The molecular weight excluding hydrogens is 663 g/mol. The highest BCUT2D eigenvalue weighted by atomic mass is 16.5. The van der Waals surface area contributed by atoms with E-state index in [9.17, 15) is 19.8 Å². The molecule has 284 valence electrons. The molecule has 4 aliphatic carbocycles. The summed E-state index contributed by atoms with van der Waals surface area (Å²) >= 11 is 0. The summed E-state index contributed by atoms with van der Waals surface area (Å²) < 4.78 is 8.93. The lowest BCUT2D eigenvalue weighted by atomic mass is 9.40. The largest absolute Gasteiger partial charge is 0.392 e. The fourth-order valence-electron chi connectivity index (χ4n) is 13.6. The number of fused-ring (bicyclic) bond motifs is 11. The van der Waals surface area contributed by atoms with E-state index >= 15 is 0 Å². The van der Waals surface area contributed by atoms with Crippen LogP contribution < -0.4 is 0 Å². The van der Waals surface area contributed by atoms with Crippen LogP contribution in [0, 0.1) is 28.6 Å². The summed E-state index contributed by atoms with van der Waals surface area (Å²) in [4.78, 5) is 31.6.